The van der Waals surface area contributed by atoms with Gasteiger partial charge in [0.15, 0.2) is 0 Å². The van der Waals surface area contributed by atoms with Crippen LogP contribution in [0.4, 0.5) is 9.59 Å². The first-order valence-corrected chi connectivity index (χ1v) is 15.2. The fraction of sp³-hybridized carbons (Fsp3) is 0.290. The van der Waals surface area contributed by atoms with Crippen molar-refractivity contribution in [3.8, 4) is 11.5 Å². The molecule has 0 N–H and O–H groups in total. The standard InChI is InChI=1S/C31H30N2O10S2/c1-40-20-12-8-18(9-13-20)16-24-26(34)32(30(38)44-24)22(28(36)42-3)6-5-7-23(29(37)43-4)33-27(35)25(45-31(33)39)17-19-10-14-21(41-2)15-11-19/h8-17,22-23H,5-7H2,1-4H3/b24-16-,25-17-. The number of nitrogens with zero attached hydrogens (tertiary/aromatic N) is 2. The lowest BCUT2D eigenvalue weighted by atomic mass is 10.0. The third-order valence-corrected chi connectivity index (χ3v) is 8.77. The first-order chi connectivity index (χ1) is 21.6. The van der Waals surface area contributed by atoms with Gasteiger partial charge in [0.25, 0.3) is 22.3 Å². The van der Waals surface area contributed by atoms with Crippen molar-refractivity contribution in [2.24, 2.45) is 0 Å². The predicted molar refractivity (Wildman–Crippen MR) is 167 cm³/mol. The molecule has 0 bridgehead atoms. The quantitative estimate of drug-likeness (QED) is 0.230. The molecule has 14 heteroatoms. The third-order valence-electron chi connectivity index (χ3n) is 7.00. The summed E-state index contributed by atoms with van der Waals surface area (Å²) < 4.78 is 20.1. The normalized spacial score (nSPS) is 18.0. The molecule has 2 aromatic carbocycles. The molecule has 0 spiro atoms. The van der Waals surface area contributed by atoms with Gasteiger partial charge in [-0.1, -0.05) is 24.3 Å². The highest BCUT2D eigenvalue weighted by Crippen LogP contribution is 2.37. The van der Waals surface area contributed by atoms with E-state index >= 15 is 0 Å². The van der Waals surface area contributed by atoms with Gasteiger partial charge in [-0.05, 0) is 90.3 Å². The monoisotopic (exact) mass is 654 g/mol. The highest BCUT2D eigenvalue weighted by Gasteiger charge is 2.45. The van der Waals surface area contributed by atoms with E-state index in [1.54, 1.807) is 48.5 Å². The van der Waals surface area contributed by atoms with E-state index in [0.29, 0.717) is 46.1 Å². The smallest absolute Gasteiger partial charge is 0.329 e. The molecule has 0 aromatic heterocycles. The van der Waals surface area contributed by atoms with Crippen molar-refractivity contribution < 1.29 is 47.7 Å². The summed E-state index contributed by atoms with van der Waals surface area (Å²) in [6.45, 7) is 0. The van der Waals surface area contributed by atoms with Crippen molar-refractivity contribution >= 4 is 69.9 Å². The Bertz CT molecular complexity index is 1440. The van der Waals surface area contributed by atoms with Gasteiger partial charge in [0.2, 0.25) is 0 Å². The molecule has 236 valence electrons. The third kappa shape index (κ3) is 7.57. The largest absolute Gasteiger partial charge is 0.497 e. The number of rotatable bonds is 12. The zero-order chi connectivity index (χ0) is 32.7. The van der Waals surface area contributed by atoms with Crippen molar-refractivity contribution in [3.05, 3.63) is 69.5 Å². The van der Waals surface area contributed by atoms with Crippen LogP contribution in [0.1, 0.15) is 30.4 Å². The summed E-state index contributed by atoms with van der Waals surface area (Å²) in [5, 5.41) is -1.32. The predicted octanol–water partition coefficient (Wildman–Crippen LogP) is 4.73. The topological polar surface area (TPSA) is 146 Å². The molecule has 2 unspecified atom stereocenters. The summed E-state index contributed by atoms with van der Waals surface area (Å²) in [5.41, 5.74) is 1.30. The molecule has 2 atom stereocenters. The average Bonchev–Trinajstić information content (AvgIpc) is 3.48. The molecular formula is C31H30N2O10S2. The van der Waals surface area contributed by atoms with Crippen LogP contribution >= 0.6 is 23.5 Å². The van der Waals surface area contributed by atoms with Gasteiger partial charge in [0.1, 0.15) is 23.6 Å². The maximum Gasteiger partial charge on any atom is 0.329 e. The lowest BCUT2D eigenvalue weighted by Crippen LogP contribution is -2.46. The van der Waals surface area contributed by atoms with Crippen LogP contribution in [-0.2, 0) is 28.7 Å². The number of carbonyl (C=O) groups excluding carboxylic acids is 6. The molecule has 2 aliphatic heterocycles. The van der Waals surface area contributed by atoms with E-state index in [1.807, 2.05) is 0 Å². The van der Waals surface area contributed by atoms with Gasteiger partial charge in [-0.25, -0.2) is 9.59 Å². The van der Waals surface area contributed by atoms with E-state index in [9.17, 15) is 28.8 Å². The number of carbonyl (C=O) groups is 6. The highest BCUT2D eigenvalue weighted by atomic mass is 32.2. The zero-order valence-electron chi connectivity index (χ0n) is 24.8. The van der Waals surface area contributed by atoms with E-state index in [0.717, 1.165) is 24.0 Å². The number of ether oxygens (including phenoxy) is 4. The van der Waals surface area contributed by atoms with Crippen LogP contribution in [0.25, 0.3) is 12.2 Å². The Hall–Kier alpha value is -4.56. The molecule has 0 saturated carbocycles. The molecule has 12 nitrogen and oxygen atoms in total. The molecule has 2 heterocycles. The van der Waals surface area contributed by atoms with Crippen LogP contribution in [0.3, 0.4) is 0 Å². The molecule has 2 fully saturated rings. The summed E-state index contributed by atoms with van der Waals surface area (Å²) >= 11 is 1.37. The average molecular weight is 655 g/mol. The van der Waals surface area contributed by atoms with Gasteiger partial charge in [-0.3, -0.25) is 29.0 Å². The minimum atomic E-state index is -1.30. The maximum atomic E-state index is 13.3. The second-order valence-electron chi connectivity index (χ2n) is 9.66. The van der Waals surface area contributed by atoms with Gasteiger partial charge in [0, 0.05) is 0 Å². The SMILES string of the molecule is COC(=O)C(CCCC(C(=O)OC)N1C(=O)S/C(=C\c2ccc(OC)cc2)C1=O)N1C(=O)S/C(=C\c2ccc(OC)cc2)C1=O. The molecule has 4 rings (SSSR count). The summed E-state index contributed by atoms with van der Waals surface area (Å²) in [7, 11) is 5.32. The van der Waals surface area contributed by atoms with Gasteiger partial charge >= 0.3 is 11.9 Å². The fourth-order valence-electron chi connectivity index (χ4n) is 4.68. The summed E-state index contributed by atoms with van der Waals surface area (Å²) in [6.07, 6.45) is 2.94. The van der Waals surface area contributed by atoms with Crippen molar-refractivity contribution in [1.82, 2.24) is 9.80 Å². The Morgan fingerprint density at radius 2 is 1.00 bits per heavy atom. The van der Waals surface area contributed by atoms with Gasteiger partial charge in [-0.15, -0.1) is 0 Å². The van der Waals surface area contributed by atoms with Crippen LogP contribution in [0, 0.1) is 0 Å². The number of thioether (sulfide) groups is 2. The summed E-state index contributed by atoms with van der Waals surface area (Å²) in [5.74, 6) is -1.75. The first kappa shape index (κ1) is 33.3. The molecule has 2 aliphatic rings. The number of amides is 4. The van der Waals surface area contributed by atoms with Crippen molar-refractivity contribution in [2.45, 2.75) is 31.3 Å². The Morgan fingerprint density at radius 1 is 0.644 bits per heavy atom. The number of esters is 2. The summed E-state index contributed by atoms with van der Waals surface area (Å²) in [4.78, 5) is 79.8. The maximum absolute atomic E-state index is 13.3. The van der Waals surface area contributed by atoms with Crippen LogP contribution in [0.2, 0.25) is 0 Å². The van der Waals surface area contributed by atoms with E-state index in [4.69, 9.17) is 18.9 Å². The summed E-state index contributed by atoms with van der Waals surface area (Å²) in [6, 6.07) is 11.1. The van der Waals surface area contributed by atoms with E-state index in [2.05, 4.69) is 0 Å². The first-order valence-electron chi connectivity index (χ1n) is 13.6. The number of methoxy groups -OCH3 is 4. The van der Waals surface area contributed by atoms with Crippen molar-refractivity contribution in [2.75, 3.05) is 28.4 Å². The Labute approximate surface area is 267 Å². The Balaban J connectivity index is 1.49. The van der Waals surface area contributed by atoms with Crippen molar-refractivity contribution in [3.63, 3.8) is 0 Å². The fourth-order valence-corrected chi connectivity index (χ4v) is 6.44. The zero-order valence-corrected chi connectivity index (χ0v) is 26.5. The van der Waals surface area contributed by atoms with Gasteiger partial charge < -0.3 is 18.9 Å². The van der Waals surface area contributed by atoms with Crippen LogP contribution in [0.5, 0.6) is 11.5 Å². The second-order valence-corrected chi connectivity index (χ2v) is 11.6. The van der Waals surface area contributed by atoms with Crippen LogP contribution < -0.4 is 9.47 Å². The number of imide groups is 2. The van der Waals surface area contributed by atoms with Crippen LogP contribution in [0.15, 0.2) is 58.3 Å². The molecule has 2 aromatic rings. The van der Waals surface area contributed by atoms with E-state index in [1.165, 1.54) is 26.4 Å². The highest BCUT2D eigenvalue weighted by molar-refractivity contribution is 8.18. The molecule has 0 aliphatic carbocycles. The number of hydrogen-bond donors (Lipinski definition) is 0. The Kier molecular flexibility index (Phi) is 11.1. The minimum absolute atomic E-state index is 0.0536. The second kappa shape index (κ2) is 14.9. The molecule has 2 saturated heterocycles. The molecule has 45 heavy (non-hydrogen) atoms. The number of hydrogen-bond acceptors (Lipinski definition) is 12. The number of benzene rings is 2. The minimum Gasteiger partial charge on any atom is -0.497 e. The lowest BCUT2D eigenvalue weighted by Gasteiger charge is -2.25. The molecular weight excluding hydrogens is 624 g/mol. The lowest BCUT2D eigenvalue weighted by molar-refractivity contribution is -0.150. The van der Waals surface area contributed by atoms with Gasteiger partial charge in [0.05, 0.1) is 38.2 Å². The van der Waals surface area contributed by atoms with Gasteiger partial charge in [-0.2, -0.15) is 0 Å². The van der Waals surface area contributed by atoms with Crippen LogP contribution in [-0.4, -0.2) is 84.6 Å². The van der Waals surface area contributed by atoms with Crippen molar-refractivity contribution in [1.29, 1.82) is 0 Å². The molecule has 0 radical (unpaired) electrons. The van der Waals surface area contributed by atoms with E-state index in [-0.39, 0.29) is 29.1 Å². The molecule has 4 amide bonds. The Morgan fingerprint density at radius 3 is 1.31 bits per heavy atom. The van der Waals surface area contributed by atoms with E-state index < -0.39 is 46.3 Å².